The van der Waals surface area contributed by atoms with Crippen LogP contribution in [0.4, 0.5) is 0 Å². The molecular weight excluding hydrogens is 390 g/mol. The molecule has 0 N–H and O–H groups in total. The SMILES string of the molecule is CCCC1(CCC)c2cc(C(=O)c3ccccc3C)ccc2-c2ccc(/C(C)=N\C)cc21. The third kappa shape index (κ3) is 3.52. The minimum absolute atomic E-state index is 0.0553. The quantitative estimate of drug-likeness (QED) is 0.285. The number of aryl methyl sites for hydroxylation is 1. The summed E-state index contributed by atoms with van der Waals surface area (Å²) in [5.74, 6) is 0.110. The maximum absolute atomic E-state index is 13.4. The fourth-order valence-corrected chi connectivity index (χ4v) is 5.49. The van der Waals surface area contributed by atoms with Crippen LogP contribution >= 0.6 is 0 Å². The van der Waals surface area contributed by atoms with E-state index in [9.17, 15) is 4.79 Å². The number of fused-ring (bicyclic) bond motifs is 3. The van der Waals surface area contributed by atoms with E-state index in [0.29, 0.717) is 0 Å². The van der Waals surface area contributed by atoms with Crippen molar-refractivity contribution in [3.05, 3.63) is 94.0 Å². The normalized spacial score (nSPS) is 14.2. The second kappa shape index (κ2) is 8.86. The van der Waals surface area contributed by atoms with Crippen molar-refractivity contribution in [2.24, 2.45) is 4.99 Å². The van der Waals surface area contributed by atoms with Crippen molar-refractivity contribution in [1.29, 1.82) is 0 Å². The lowest BCUT2D eigenvalue weighted by Gasteiger charge is -2.32. The largest absolute Gasteiger partial charge is 0.293 e. The van der Waals surface area contributed by atoms with Gasteiger partial charge in [-0.05, 0) is 72.2 Å². The molecule has 1 aliphatic rings. The van der Waals surface area contributed by atoms with Gasteiger partial charge in [0.05, 0.1) is 0 Å². The molecule has 3 aromatic rings. The molecule has 4 rings (SSSR count). The zero-order valence-electron chi connectivity index (χ0n) is 20.0. The van der Waals surface area contributed by atoms with Crippen molar-refractivity contribution in [2.75, 3.05) is 7.05 Å². The highest BCUT2D eigenvalue weighted by molar-refractivity contribution is 6.10. The minimum atomic E-state index is -0.0553. The lowest BCUT2D eigenvalue weighted by molar-refractivity contribution is 0.103. The summed E-state index contributed by atoms with van der Waals surface area (Å²) in [6.45, 7) is 8.61. The first-order valence-electron chi connectivity index (χ1n) is 11.8. The topological polar surface area (TPSA) is 29.4 Å². The molecule has 0 saturated heterocycles. The van der Waals surface area contributed by atoms with Gasteiger partial charge in [-0.1, -0.05) is 75.2 Å². The zero-order chi connectivity index (χ0) is 22.9. The molecule has 0 spiro atoms. The lowest BCUT2D eigenvalue weighted by atomic mass is 9.71. The van der Waals surface area contributed by atoms with E-state index in [-0.39, 0.29) is 11.2 Å². The van der Waals surface area contributed by atoms with Crippen molar-refractivity contribution in [1.82, 2.24) is 0 Å². The predicted octanol–water partition coefficient (Wildman–Crippen LogP) is 7.53. The van der Waals surface area contributed by atoms with Crippen LogP contribution in [-0.4, -0.2) is 18.5 Å². The first kappa shape index (κ1) is 22.2. The van der Waals surface area contributed by atoms with Gasteiger partial charge in [0.25, 0.3) is 0 Å². The Hall–Kier alpha value is -3.00. The average molecular weight is 424 g/mol. The van der Waals surface area contributed by atoms with Crippen molar-refractivity contribution in [2.45, 2.75) is 58.8 Å². The molecule has 0 aliphatic heterocycles. The van der Waals surface area contributed by atoms with Crippen LogP contribution in [-0.2, 0) is 5.41 Å². The van der Waals surface area contributed by atoms with Gasteiger partial charge in [0, 0.05) is 29.3 Å². The molecule has 164 valence electrons. The number of benzene rings is 3. The van der Waals surface area contributed by atoms with Crippen LogP contribution in [0.5, 0.6) is 0 Å². The van der Waals surface area contributed by atoms with Gasteiger partial charge in [-0.25, -0.2) is 0 Å². The number of carbonyl (C=O) groups is 1. The fourth-order valence-electron chi connectivity index (χ4n) is 5.49. The van der Waals surface area contributed by atoms with E-state index < -0.39 is 0 Å². The molecule has 3 aromatic carbocycles. The van der Waals surface area contributed by atoms with E-state index in [1.54, 1.807) is 0 Å². The molecule has 32 heavy (non-hydrogen) atoms. The van der Waals surface area contributed by atoms with Crippen LogP contribution in [0.1, 0.15) is 84.6 Å². The fraction of sp³-hybridized carbons (Fsp3) is 0.333. The molecular formula is C30H33NO. The lowest BCUT2D eigenvalue weighted by Crippen LogP contribution is -2.25. The van der Waals surface area contributed by atoms with Crippen molar-refractivity contribution in [3.63, 3.8) is 0 Å². The minimum Gasteiger partial charge on any atom is -0.293 e. The Morgan fingerprint density at radius 3 is 1.97 bits per heavy atom. The number of carbonyl (C=O) groups excluding carboxylic acids is 1. The number of nitrogens with zero attached hydrogens (tertiary/aromatic N) is 1. The molecule has 0 saturated carbocycles. The standard InChI is InChI=1S/C30H33NO/c1-6-16-30(17-7-2)27-18-22(21(4)31-5)12-14-25(27)26-15-13-23(19-28(26)30)29(32)24-11-9-8-10-20(24)3/h8-15,18-19H,6-7,16-17H2,1-5H3/b31-21-. The third-order valence-electron chi connectivity index (χ3n) is 7.12. The van der Waals surface area contributed by atoms with E-state index in [1.807, 2.05) is 44.3 Å². The summed E-state index contributed by atoms with van der Waals surface area (Å²) in [5.41, 5.74) is 10.1. The molecule has 0 unspecified atom stereocenters. The summed E-state index contributed by atoms with van der Waals surface area (Å²) in [5, 5.41) is 0. The maximum Gasteiger partial charge on any atom is 0.193 e. The van der Waals surface area contributed by atoms with Gasteiger partial charge in [0.2, 0.25) is 0 Å². The highest BCUT2D eigenvalue weighted by Crippen LogP contribution is 2.54. The molecule has 0 heterocycles. The van der Waals surface area contributed by atoms with Crippen molar-refractivity contribution in [3.8, 4) is 11.1 Å². The first-order chi connectivity index (χ1) is 15.5. The summed E-state index contributed by atoms with van der Waals surface area (Å²) in [7, 11) is 1.85. The molecule has 2 nitrogen and oxygen atoms in total. The maximum atomic E-state index is 13.4. The molecule has 0 radical (unpaired) electrons. The number of rotatable bonds is 7. The molecule has 0 amide bonds. The van der Waals surface area contributed by atoms with Crippen LogP contribution in [0, 0.1) is 6.92 Å². The summed E-state index contributed by atoms with van der Waals surface area (Å²) in [4.78, 5) is 17.9. The average Bonchev–Trinajstić information content (AvgIpc) is 3.07. The third-order valence-corrected chi connectivity index (χ3v) is 7.12. The van der Waals surface area contributed by atoms with Crippen LogP contribution in [0.25, 0.3) is 11.1 Å². The Kier molecular flexibility index (Phi) is 6.15. The van der Waals surface area contributed by atoms with Gasteiger partial charge >= 0.3 is 0 Å². The molecule has 0 atom stereocenters. The summed E-state index contributed by atoms with van der Waals surface area (Å²) >= 11 is 0. The van der Waals surface area contributed by atoms with Crippen LogP contribution in [0.3, 0.4) is 0 Å². The Morgan fingerprint density at radius 1 is 0.844 bits per heavy atom. The van der Waals surface area contributed by atoms with Gasteiger partial charge in [0.1, 0.15) is 0 Å². The zero-order valence-corrected chi connectivity index (χ0v) is 20.0. The van der Waals surface area contributed by atoms with Gasteiger partial charge < -0.3 is 0 Å². The summed E-state index contributed by atoms with van der Waals surface area (Å²) in [6.07, 6.45) is 4.35. The van der Waals surface area contributed by atoms with E-state index in [4.69, 9.17) is 0 Å². The summed E-state index contributed by atoms with van der Waals surface area (Å²) < 4.78 is 0. The Balaban J connectivity index is 1.92. The molecule has 0 bridgehead atoms. The van der Waals surface area contributed by atoms with Gasteiger partial charge in [0.15, 0.2) is 5.78 Å². The molecule has 0 aromatic heterocycles. The van der Waals surface area contributed by atoms with Crippen LogP contribution in [0.15, 0.2) is 65.7 Å². The monoisotopic (exact) mass is 423 g/mol. The van der Waals surface area contributed by atoms with Crippen molar-refractivity contribution < 1.29 is 4.79 Å². The van der Waals surface area contributed by atoms with Gasteiger partial charge in [-0.15, -0.1) is 0 Å². The van der Waals surface area contributed by atoms with Crippen LogP contribution < -0.4 is 0 Å². The Bertz CT molecular complexity index is 1200. The van der Waals surface area contributed by atoms with E-state index >= 15 is 0 Å². The molecule has 0 fully saturated rings. The van der Waals surface area contributed by atoms with Crippen molar-refractivity contribution >= 4 is 11.5 Å². The van der Waals surface area contributed by atoms with Crippen LogP contribution in [0.2, 0.25) is 0 Å². The van der Waals surface area contributed by atoms with E-state index in [1.165, 1.54) is 27.8 Å². The second-order valence-electron chi connectivity index (χ2n) is 9.06. The highest BCUT2D eigenvalue weighted by atomic mass is 16.1. The predicted molar refractivity (Wildman–Crippen MR) is 135 cm³/mol. The van der Waals surface area contributed by atoms with Gasteiger partial charge in [-0.3, -0.25) is 9.79 Å². The Morgan fingerprint density at radius 2 is 1.41 bits per heavy atom. The number of hydrogen-bond donors (Lipinski definition) is 0. The number of ketones is 1. The van der Waals surface area contributed by atoms with E-state index in [0.717, 1.165) is 48.1 Å². The number of aliphatic imine (C=N–C) groups is 1. The van der Waals surface area contributed by atoms with Gasteiger partial charge in [-0.2, -0.15) is 0 Å². The molecule has 2 heteroatoms. The molecule has 1 aliphatic carbocycles. The number of hydrogen-bond acceptors (Lipinski definition) is 2. The first-order valence-corrected chi connectivity index (χ1v) is 11.8. The Labute approximate surface area is 192 Å². The highest BCUT2D eigenvalue weighted by Gasteiger charge is 2.42. The smallest absolute Gasteiger partial charge is 0.193 e. The summed E-state index contributed by atoms with van der Waals surface area (Å²) in [6, 6.07) is 21.0. The van der Waals surface area contributed by atoms with E-state index in [2.05, 4.69) is 56.1 Å². The second-order valence-corrected chi connectivity index (χ2v) is 9.06.